The van der Waals surface area contributed by atoms with Crippen molar-refractivity contribution >= 4 is 34.8 Å². The Balaban J connectivity index is 2.61. The van der Waals surface area contributed by atoms with Gasteiger partial charge >= 0.3 is 0 Å². The van der Waals surface area contributed by atoms with E-state index >= 15 is 0 Å². The molecule has 0 aromatic heterocycles. The van der Waals surface area contributed by atoms with Crippen LogP contribution in [0.25, 0.3) is 0 Å². The number of anilines is 1. The first kappa shape index (κ1) is 21.1. The number of nitrogens with zero attached hydrogens (tertiary/aromatic N) is 1. The maximum Gasteiger partial charge on any atom is 0.253 e. The Bertz CT molecular complexity index is 567. The smallest absolute Gasteiger partial charge is 0.253 e. The molecule has 5 nitrogen and oxygen atoms in total. The standard InChI is InChI=1S/C19H29N3O2S/c1-4-7-8-17(23)21-19(25)20-16-11-9-15(10-12-16)18(24)22(13-5-2)14-6-3/h9-12H,4-8,13-14H2,1-3H3,(H2,20,21,23,25). The number of benzene rings is 1. The molecule has 138 valence electrons. The molecule has 2 amide bonds. The molecule has 25 heavy (non-hydrogen) atoms. The molecule has 1 aromatic rings. The topological polar surface area (TPSA) is 61.4 Å². The molecule has 0 radical (unpaired) electrons. The summed E-state index contributed by atoms with van der Waals surface area (Å²) in [6, 6.07) is 7.16. The molecule has 2 N–H and O–H groups in total. The first-order chi connectivity index (χ1) is 12.0. The van der Waals surface area contributed by atoms with E-state index in [1.54, 1.807) is 24.3 Å². The molecule has 0 atom stereocenters. The molecular weight excluding hydrogens is 334 g/mol. The molecule has 0 aliphatic heterocycles. The summed E-state index contributed by atoms with van der Waals surface area (Å²) < 4.78 is 0. The maximum atomic E-state index is 12.5. The van der Waals surface area contributed by atoms with Gasteiger partial charge in [-0.05, 0) is 55.7 Å². The Kier molecular flexibility index (Phi) is 9.77. The summed E-state index contributed by atoms with van der Waals surface area (Å²) in [7, 11) is 0. The van der Waals surface area contributed by atoms with Crippen LogP contribution in [0.15, 0.2) is 24.3 Å². The van der Waals surface area contributed by atoms with E-state index in [2.05, 4.69) is 24.5 Å². The van der Waals surface area contributed by atoms with Crippen molar-refractivity contribution in [1.82, 2.24) is 10.2 Å². The Labute approximate surface area is 156 Å². The molecule has 0 saturated carbocycles. The van der Waals surface area contributed by atoms with Gasteiger partial charge in [-0.1, -0.05) is 27.2 Å². The van der Waals surface area contributed by atoms with Crippen molar-refractivity contribution in [2.45, 2.75) is 52.9 Å². The number of rotatable bonds is 9. The van der Waals surface area contributed by atoms with Gasteiger partial charge in [-0.25, -0.2) is 0 Å². The average Bonchev–Trinajstić information content (AvgIpc) is 2.59. The van der Waals surface area contributed by atoms with Crippen LogP contribution in [0.5, 0.6) is 0 Å². The fourth-order valence-electron chi connectivity index (χ4n) is 2.42. The lowest BCUT2D eigenvalue weighted by Crippen LogP contribution is -2.34. The van der Waals surface area contributed by atoms with Crippen LogP contribution in [0.4, 0.5) is 5.69 Å². The van der Waals surface area contributed by atoms with E-state index in [1.807, 2.05) is 11.8 Å². The Morgan fingerprint density at radius 3 is 2.12 bits per heavy atom. The monoisotopic (exact) mass is 363 g/mol. The number of amides is 2. The lowest BCUT2D eigenvalue weighted by molar-refractivity contribution is -0.119. The van der Waals surface area contributed by atoms with Crippen LogP contribution in [-0.4, -0.2) is 34.9 Å². The number of carbonyl (C=O) groups is 2. The summed E-state index contributed by atoms with van der Waals surface area (Å²) in [6.07, 6.45) is 4.17. The van der Waals surface area contributed by atoms with Crippen LogP contribution in [0.1, 0.15) is 63.2 Å². The van der Waals surface area contributed by atoms with Crippen molar-refractivity contribution in [1.29, 1.82) is 0 Å². The zero-order chi connectivity index (χ0) is 18.7. The minimum Gasteiger partial charge on any atom is -0.339 e. The first-order valence-electron chi connectivity index (χ1n) is 9.01. The largest absolute Gasteiger partial charge is 0.339 e. The van der Waals surface area contributed by atoms with Gasteiger partial charge in [0.1, 0.15) is 0 Å². The van der Waals surface area contributed by atoms with E-state index in [9.17, 15) is 9.59 Å². The molecule has 0 heterocycles. The lowest BCUT2D eigenvalue weighted by Gasteiger charge is -2.21. The quantitative estimate of drug-likeness (QED) is 0.652. The van der Waals surface area contributed by atoms with Gasteiger partial charge in [0.15, 0.2) is 5.11 Å². The first-order valence-corrected chi connectivity index (χ1v) is 9.42. The maximum absolute atomic E-state index is 12.5. The van der Waals surface area contributed by atoms with Gasteiger partial charge in [-0.3, -0.25) is 9.59 Å². The predicted octanol–water partition coefficient (Wildman–Crippen LogP) is 3.95. The second kappa shape index (κ2) is 11.6. The third-order valence-corrected chi connectivity index (χ3v) is 3.88. The molecular formula is C19H29N3O2S. The zero-order valence-corrected chi connectivity index (χ0v) is 16.2. The van der Waals surface area contributed by atoms with Crippen LogP contribution >= 0.6 is 12.2 Å². The highest BCUT2D eigenvalue weighted by molar-refractivity contribution is 7.80. The molecule has 0 aliphatic carbocycles. The third kappa shape index (κ3) is 7.65. The molecule has 0 fully saturated rings. The van der Waals surface area contributed by atoms with E-state index in [1.165, 1.54) is 0 Å². The minimum absolute atomic E-state index is 0.0469. The van der Waals surface area contributed by atoms with E-state index in [-0.39, 0.29) is 16.9 Å². The molecule has 6 heteroatoms. The molecule has 0 spiro atoms. The van der Waals surface area contributed by atoms with Gasteiger partial charge in [-0.2, -0.15) is 0 Å². The van der Waals surface area contributed by atoms with Crippen molar-refractivity contribution in [3.63, 3.8) is 0 Å². The summed E-state index contributed by atoms with van der Waals surface area (Å²) in [4.78, 5) is 26.1. The number of carbonyl (C=O) groups excluding carboxylic acids is 2. The van der Waals surface area contributed by atoms with Crippen molar-refractivity contribution in [3.05, 3.63) is 29.8 Å². The van der Waals surface area contributed by atoms with Gasteiger partial charge in [0.05, 0.1) is 0 Å². The summed E-state index contributed by atoms with van der Waals surface area (Å²) in [5.41, 5.74) is 1.40. The van der Waals surface area contributed by atoms with Crippen LogP contribution in [0, 0.1) is 0 Å². The summed E-state index contributed by atoms with van der Waals surface area (Å²) >= 11 is 5.14. The normalized spacial score (nSPS) is 10.2. The van der Waals surface area contributed by atoms with Crippen molar-refractivity contribution in [3.8, 4) is 0 Å². The highest BCUT2D eigenvalue weighted by Crippen LogP contribution is 2.12. The fraction of sp³-hybridized carbons (Fsp3) is 0.526. The SMILES string of the molecule is CCCCC(=O)NC(=S)Nc1ccc(C(=O)N(CCC)CCC)cc1. The zero-order valence-electron chi connectivity index (χ0n) is 15.4. The van der Waals surface area contributed by atoms with E-state index in [0.717, 1.165) is 44.5 Å². The Morgan fingerprint density at radius 2 is 1.60 bits per heavy atom. The lowest BCUT2D eigenvalue weighted by atomic mass is 10.1. The summed E-state index contributed by atoms with van der Waals surface area (Å²) in [5, 5.41) is 5.90. The number of nitrogens with one attached hydrogen (secondary N) is 2. The number of hydrogen-bond acceptors (Lipinski definition) is 3. The van der Waals surface area contributed by atoms with Gasteiger partial charge in [0.25, 0.3) is 5.91 Å². The molecule has 0 unspecified atom stereocenters. The molecule has 1 aromatic carbocycles. The van der Waals surface area contributed by atoms with E-state index in [4.69, 9.17) is 12.2 Å². The van der Waals surface area contributed by atoms with Gasteiger partial charge in [0.2, 0.25) is 5.91 Å². The minimum atomic E-state index is -0.0825. The molecule has 0 aliphatic rings. The average molecular weight is 364 g/mol. The third-order valence-electron chi connectivity index (χ3n) is 3.67. The fourth-order valence-corrected chi connectivity index (χ4v) is 2.65. The van der Waals surface area contributed by atoms with E-state index < -0.39 is 0 Å². The summed E-state index contributed by atoms with van der Waals surface area (Å²) in [5.74, 6) is -0.0355. The number of hydrogen-bond donors (Lipinski definition) is 2. The molecule has 1 rings (SSSR count). The highest BCUT2D eigenvalue weighted by Gasteiger charge is 2.14. The van der Waals surface area contributed by atoms with Gasteiger partial charge in [-0.15, -0.1) is 0 Å². The second-order valence-corrected chi connectivity index (χ2v) is 6.38. The molecule has 0 bridgehead atoms. The van der Waals surface area contributed by atoms with Crippen LogP contribution in [0.2, 0.25) is 0 Å². The van der Waals surface area contributed by atoms with E-state index in [0.29, 0.717) is 12.0 Å². The van der Waals surface area contributed by atoms with Crippen molar-refractivity contribution in [2.75, 3.05) is 18.4 Å². The highest BCUT2D eigenvalue weighted by atomic mass is 32.1. The van der Waals surface area contributed by atoms with Gasteiger partial charge in [0, 0.05) is 30.8 Å². The van der Waals surface area contributed by atoms with Crippen LogP contribution in [-0.2, 0) is 4.79 Å². The Hall–Kier alpha value is -1.95. The van der Waals surface area contributed by atoms with Crippen molar-refractivity contribution < 1.29 is 9.59 Å². The second-order valence-electron chi connectivity index (χ2n) is 5.98. The Morgan fingerprint density at radius 1 is 1.00 bits per heavy atom. The predicted molar refractivity (Wildman–Crippen MR) is 107 cm³/mol. The van der Waals surface area contributed by atoms with Crippen LogP contribution < -0.4 is 10.6 Å². The van der Waals surface area contributed by atoms with Crippen LogP contribution in [0.3, 0.4) is 0 Å². The molecule has 0 saturated heterocycles. The number of thiocarbonyl (C=S) groups is 1. The number of unbranched alkanes of at least 4 members (excludes halogenated alkanes) is 1. The van der Waals surface area contributed by atoms with Gasteiger partial charge < -0.3 is 15.5 Å². The van der Waals surface area contributed by atoms with Crippen molar-refractivity contribution in [2.24, 2.45) is 0 Å². The summed E-state index contributed by atoms with van der Waals surface area (Å²) in [6.45, 7) is 7.70.